The van der Waals surface area contributed by atoms with E-state index in [0.717, 1.165) is 5.75 Å². The first-order chi connectivity index (χ1) is 7.63. The molecule has 1 unspecified atom stereocenters. The quantitative estimate of drug-likeness (QED) is 0.827. The minimum absolute atomic E-state index is 0.101. The van der Waals surface area contributed by atoms with Gasteiger partial charge in [-0.2, -0.15) is 5.26 Å². The van der Waals surface area contributed by atoms with Crippen molar-refractivity contribution in [3.63, 3.8) is 0 Å². The Morgan fingerprint density at radius 1 is 1.31 bits per heavy atom. The second-order valence-electron chi connectivity index (χ2n) is 4.05. The fraction of sp³-hybridized carbons (Fsp3) is 0.462. The second-order valence-corrected chi connectivity index (χ2v) is 4.05. The monoisotopic (exact) mass is 219 g/mol. The summed E-state index contributed by atoms with van der Waals surface area (Å²) in [5, 5.41) is 17.7. The SMILES string of the molecule is CC(C)c1ccc(OCC(O)CC#N)cc1. The number of hydrogen-bond donors (Lipinski definition) is 1. The van der Waals surface area contributed by atoms with Gasteiger partial charge < -0.3 is 9.84 Å². The van der Waals surface area contributed by atoms with Crippen molar-refractivity contribution in [2.75, 3.05) is 6.61 Å². The van der Waals surface area contributed by atoms with Gasteiger partial charge in [-0.15, -0.1) is 0 Å². The van der Waals surface area contributed by atoms with Crippen LogP contribution in [0.2, 0.25) is 0 Å². The highest BCUT2D eigenvalue weighted by Crippen LogP contribution is 2.18. The Bertz CT molecular complexity index is 351. The summed E-state index contributed by atoms with van der Waals surface area (Å²) in [5.74, 6) is 1.22. The number of rotatable bonds is 5. The zero-order valence-corrected chi connectivity index (χ0v) is 9.68. The molecule has 3 heteroatoms. The average Bonchev–Trinajstić information content (AvgIpc) is 2.27. The molecule has 0 aliphatic heterocycles. The Kier molecular flexibility index (Phi) is 4.81. The number of aliphatic hydroxyl groups is 1. The predicted molar refractivity (Wildman–Crippen MR) is 62.3 cm³/mol. The van der Waals surface area contributed by atoms with Crippen LogP contribution in [0.3, 0.4) is 0 Å². The van der Waals surface area contributed by atoms with Crippen molar-refractivity contribution in [2.45, 2.75) is 32.3 Å². The lowest BCUT2D eigenvalue weighted by Gasteiger charge is -2.10. The van der Waals surface area contributed by atoms with Gasteiger partial charge in [-0.25, -0.2) is 0 Å². The first-order valence-electron chi connectivity index (χ1n) is 5.41. The van der Waals surface area contributed by atoms with Gasteiger partial charge in [0.15, 0.2) is 0 Å². The molecule has 0 bridgehead atoms. The van der Waals surface area contributed by atoms with Gasteiger partial charge in [-0.1, -0.05) is 26.0 Å². The fourth-order valence-electron chi connectivity index (χ4n) is 1.31. The van der Waals surface area contributed by atoms with Crippen LogP contribution in [0.25, 0.3) is 0 Å². The highest BCUT2D eigenvalue weighted by atomic mass is 16.5. The number of nitrogens with zero attached hydrogens (tertiary/aromatic N) is 1. The third-order valence-electron chi connectivity index (χ3n) is 2.32. The molecule has 1 N–H and O–H groups in total. The van der Waals surface area contributed by atoms with E-state index in [1.807, 2.05) is 30.3 Å². The van der Waals surface area contributed by atoms with Gasteiger partial charge >= 0.3 is 0 Å². The lowest BCUT2D eigenvalue weighted by molar-refractivity contribution is 0.111. The van der Waals surface area contributed by atoms with Crippen LogP contribution in [-0.2, 0) is 0 Å². The van der Waals surface area contributed by atoms with E-state index >= 15 is 0 Å². The molecule has 0 heterocycles. The molecule has 0 aromatic heterocycles. The van der Waals surface area contributed by atoms with Gasteiger partial charge in [0.1, 0.15) is 18.5 Å². The summed E-state index contributed by atoms with van der Waals surface area (Å²) in [7, 11) is 0. The largest absolute Gasteiger partial charge is 0.491 e. The van der Waals surface area contributed by atoms with Crippen molar-refractivity contribution in [1.29, 1.82) is 5.26 Å². The van der Waals surface area contributed by atoms with Crippen molar-refractivity contribution in [2.24, 2.45) is 0 Å². The second kappa shape index (κ2) is 6.14. The van der Waals surface area contributed by atoms with Crippen LogP contribution < -0.4 is 4.74 Å². The van der Waals surface area contributed by atoms with Crippen LogP contribution in [0.4, 0.5) is 0 Å². The third-order valence-corrected chi connectivity index (χ3v) is 2.32. The summed E-state index contributed by atoms with van der Waals surface area (Å²) >= 11 is 0. The van der Waals surface area contributed by atoms with E-state index in [0.29, 0.717) is 5.92 Å². The lowest BCUT2D eigenvalue weighted by Crippen LogP contribution is -2.16. The molecule has 16 heavy (non-hydrogen) atoms. The topological polar surface area (TPSA) is 53.2 Å². The fourth-order valence-corrected chi connectivity index (χ4v) is 1.31. The highest BCUT2D eigenvalue weighted by molar-refractivity contribution is 5.28. The zero-order chi connectivity index (χ0) is 12.0. The standard InChI is InChI=1S/C13H17NO2/c1-10(2)11-3-5-13(6-4-11)16-9-12(15)7-8-14/h3-6,10,12,15H,7,9H2,1-2H3. The van der Waals surface area contributed by atoms with E-state index in [1.165, 1.54) is 5.56 Å². The van der Waals surface area contributed by atoms with Crippen molar-refractivity contribution in [1.82, 2.24) is 0 Å². The van der Waals surface area contributed by atoms with Crippen LogP contribution in [-0.4, -0.2) is 17.8 Å². The van der Waals surface area contributed by atoms with Crippen molar-refractivity contribution in [3.05, 3.63) is 29.8 Å². The Morgan fingerprint density at radius 3 is 2.44 bits per heavy atom. The highest BCUT2D eigenvalue weighted by Gasteiger charge is 2.04. The van der Waals surface area contributed by atoms with Crippen LogP contribution in [0.15, 0.2) is 24.3 Å². The number of benzene rings is 1. The third kappa shape index (κ3) is 3.92. The number of aliphatic hydroxyl groups excluding tert-OH is 1. The molecule has 3 nitrogen and oxygen atoms in total. The number of nitriles is 1. The van der Waals surface area contributed by atoms with Gasteiger partial charge in [-0.05, 0) is 23.6 Å². The summed E-state index contributed by atoms with van der Waals surface area (Å²) in [6, 6.07) is 9.69. The summed E-state index contributed by atoms with van der Waals surface area (Å²) in [4.78, 5) is 0. The molecule has 0 aliphatic rings. The molecule has 0 aliphatic carbocycles. The van der Waals surface area contributed by atoms with Crippen molar-refractivity contribution in [3.8, 4) is 11.8 Å². The van der Waals surface area contributed by atoms with E-state index in [-0.39, 0.29) is 13.0 Å². The van der Waals surface area contributed by atoms with Crippen LogP contribution in [0.5, 0.6) is 5.75 Å². The summed E-state index contributed by atoms with van der Waals surface area (Å²) < 4.78 is 5.35. The molecule has 0 saturated carbocycles. The van der Waals surface area contributed by atoms with Crippen LogP contribution >= 0.6 is 0 Å². The molecule has 0 saturated heterocycles. The van der Waals surface area contributed by atoms with Gasteiger partial charge in [0.05, 0.1) is 12.5 Å². The normalized spacial score (nSPS) is 12.2. The van der Waals surface area contributed by atoms with E-state index in [4.69, 9.17) is 10.00 Å². The lowest BCUT2D eigenvalue weighted by atomic mass is 10.0. The summed E-state index contributed by atoms with van der Waals surface area (Å²) in [6.45, 7) is 4.42. The van der Waals surface area contributed by atoms with Gasteiger partial charge in [0.25, 0.3) is 0 Å². The maximum Gasteiger partial charge on any atom is 0.119 e. The molecule has 0 amide bonds. The Hall–Kier alpha value is -1.53. The van der Waals surface area contributed by atoms with E-state index in [1.54, 1.807) is 0 Å². The van der Waals surface area contributed by atoms with E-state index in [9.17, 15) is 5.11 Å². The Labute approximate surface area is 96.3 Å². The molecular weight excluding hydrogens is 202 g/mol. The Morgan fingerprint density at radius 2 is 1.94 bits per heavy atom. The summed E-state index contributed by atoms with van der Waals surface area (Å²) in [5.41, 5.74) is 1.25. The molecule has 86 valence electrons. The van der Waals surface area contributed by atoms with Crippen molar-refractivity contribution < 1.29 is 9.84 Å². The van der Waals surface area contributed by atoms with Crippen molar-refractivity contribution >= 4 is 0 Å². The molecule has 1 aromatic carbocycles. The van der Waals surface area contributed by atoms with Gasteiger partial charge in [0, 0.05) is 0 Å². The van der Waals surface area contributed by atoms with Gasteiger partial charge in [-0.3, -0.25) is 0 Å². The van der Waals surface area contributed by atoms with E-state index < -0.39 is 6.10 Å². The number of hydrogen-bond acceptors (Lipinski definition) is 3. The molecule has 0 spiro atoms. The first-order valence-corrected chi connectivity index (χ1v) is 5.41. The number of ether oxygens (including phenoxy) is 1. The molecule has 0 fully saturated rings. The molecule has 1 atom stereocenters. The molecule has 0 radical (unpaired) electrons. The molecular formula is C13H17NO2. The van der Waals surface area contributed by atoms with Gasteiger partial charge in [0.2, 0.25) is 0 Å². The molecule has 1 aromatic rings. The average molecular weight is 219 g/mol. The first kappa shape index (κ1) is 12.5. The minimum atomic E-state index is -0.713. The van der Waals surface area contributed by atoms with Crippen LogP contribution in [0, 0.1) is 11.3 Å². The smallest absolute Gasteiger partial charge is 0.119 e. The summed E-state index contributed by atoms with van der Waals surface area (Å²) in [6.07, 6.45) is -0.612. The maximum absolute atomic E-state index is 9.31. The Balaban J connectivity index is 2.47. The minimum Gasteiger partial charge on any atom is -0.491 e. The predicted octanol–water partition coefficient (Wildman–Crippen LogP) is 2.46. The molecule has 1 rings (SSSR count). The van der Waals surface area contributed by atoms with Crippen LogP contribution in [0.1, 0.15) is 31.7 Å². The van der Waals surface area contributed by atoms with E-state index in [2.05, 4.69) is 13.8 Å². The maximum atomic E-state index is 9.31. The zero-order valence-electron chi connectivity index (χ0n) is 9.68.